The fourth-order valence-electron chi connectivity index (χ4n) is 2.35. The van der Waals surface area contributed by atoms with Gasteiger partial charge in [0, 0.05) is 4.88 Å². The van der Waals surface area contributed by atoms with Crippen LogP contribution in [-0.2, 0) is 23.8 Å². The van der Waals surface area contributed by atoms with Crippen molar-refractivity contribution in [2.75, 3.05) is 19.8 Å². The van der Waals surface area contributed by atoms with Crippen molar-refractivity contribution in [2.45, 2.75) is 12.0 Å². The third-order valence-corrected chi connectivity index (χ3v) is 4.13. The van der Waals surface area contributed by atoms with Crippen LogP contribution in [0.2, 0.25) is 0 Å². The summed E-state index contributed by atoms with van der Waals surface area (Å²) < 4.78 is 15.6. The Labute approximate surface area is 108 Å². The standard InChI is InChI=1S/C12H12O5S/c13-11-9(7-6-15-3-4-16-7)10(12(14)17-11)8-2-1-5-18-8/h1-2,5,7,9-10H,3-4,6H2. The number of hydrogen-bond acceptors (Lipinski definition) is 6. The zero-order chi connectivity index (χ0) is 12.5. The van der Waals surface area contributed by atoms with Gasteiger partial charge < -0.3 is 14.2 Å². The fraction of sp³-hybridized carbons (Fsp3) is 0.500. The first kappa shape index (κ1) is 11.8. The largest absolute Gasteiger partial charge is 0.392 e. The zero-order valence-electron chi connectivity index (χ0n) is 9.53. The molecule has 2 saturated heterocycles. The van der Waals surface area contributed by atoms with E-state index in [0.717, 1.165) is 4.88 Å². The van der Waals surface area contributed by atoms with E-state index in [1.165, 1.54) is 11.3 Å². The van der Waals surface area contributed by atoms with Gasteiger partial charge in [0.15, 0.2) is 0 Å². The van der Waals surface area contributed by atoms with Gasteiger partial charge >= 0.3 is 11.9 Å². The van der Waals surface area contributed by atoms with E-state index >= 15 is 0 Å². The summed E-state index contributed by atoms with van der Waals surface area (Å²) in [4.78, 5) is 24.5. The summed E-state index contributed by atoms with van der Waals surface area (Å²) in [5.74, 6) is -2.13. The summed E-state index contributed by atoms with van der Waals surface area (Å²) in [5.41, 5.74) is 0. The van der Waals surface area contributed by atoms with E-state index in [2.05, 4.69) is 0 Å². The van der Waals surface area contributed by atoms with E-state index in [4.69, 9.17) is 14.2 Å². The lowest BCUT2D eigenvalue weighted by molar-refractivity contribution is -0.158. The summed E-state index contributed by atoms with van der Waals surface area (Å²) in [6.45, 7) is 1.30. The Morgan fingerprint density at radius 1 is 1.22 bits per heavy atom. The number of carbonyl (C=O) groups is 2. The third-order valence-electron chi connectivity index (χ3n) is 3.18. The molecule has 96 valence electrons. The molecule has 3 atom stereocenters. The van der Waals surface area contributed by atoms with E-state index in [0.29, 0.717) is 19.8 Å². The fourth-order valence-corrected chi connectivity index (χ4v) is 3.22. The van der Waals surface area contributed by atoms with Gasteiger partial charge in [-0.3, -0.25) is 9.59 Å². The number of carbonyl (C=O) groups excluding carboxylic acids is 2. The summed E-state index contributed by atoms with van der Waals surface area (Å²) >= 11 is 1.44. The van der Waals surface area contributed by atoms with Gasteiger partial charge in [0.25, 0.3) is 0 Å². The Bertz CT molecular complexity index is 449. The lowest BCUT2D eigenvalue weighted by Gasteiger charge is -2.27. The normalized spacial score (nSPS) is 32.6. The predicted octanol–water partition coefficient (Wildman–Crippen LogP) is 0.947. The van der Waals surface area contributed by atoms with Crippen LogP contribution in [0.1, 0.15) is 10.8 Å². The van der Waals surface area contributed by atoms with Crippen LogP contribution in [0.25, 0.3) is 0 Å². The maximum absolute atomic E-state index is 11.8. The minimum absolute atomic E-state index is 0.328. The lowest BCUT2D eigenvalue weighted by Crippen LogP contribution is -2.39. The highest BCUT2D eigenvalue weighted by Crippen LogP contribution is 2.38. The molecule has 0 spiro atoms. The van der Waals surface area contributed by atoms with Gasteiger partial charge in [-0.25, -0.2) is 0 Å². The number of hydrogen-bond donors (Lipinski definition) is 0. The van der Waals surface area contributed by atoms with Gasteiger partial charge in [0.05, 0.1) is 25.9 Å². The van der Waals surface area contributed by atoms with E-state index in [1.807, 2.05) is 17.5 Å². The highest BCUT2D eigenvalue weighted by atomic mass is 32.1. The first-order chi connectivity index (χ1) is 8.77. The average Bonchev–Trinajstić information content (AvgIpc) is 2.97. The Balaban J connectivity index is 1.89. The first-order valence-corrected chi connectivity index (χ1v) is 6.63. The minimum Gasteiger partial charge on any atom is -0.392 e. The summed E-state index contributed by atoms with van der Waals surface area (Å²) in [6.07, 6.45) is -0.398. The monoisotopic (exact) mass is 268 g/mol. The number of thiophene rings is 1. The molecule has 0 N–H and O–H groups in total. The molecule has 1 aromatic rings. The van der Waals surface area contributed by atoms with E-state index in [9.17, 15) is 9.59 Å². The van der Waals surface area contributed by atoms with Crippen molar-refractivity contribution in [3.8, 4) is 0 Å². The van der Waals surface area contributed by atoms with Gasteiger partial charge in [-0.15, -0.1) is 11.3 Å². The predicted molar refractivity (Wildman–Crippen MR) is 62.2 cm³/mol. The second-order valence-corrected chi connectivity index (χ2v) is 5.22. The molecule has 3 heterocycles. The van der Waals surface area contributed by atoms with Crippen LogP contribution in [0.5, 0.6) is 0 Å². The summed E-state index contributed by atoms with van der Waals surface area (Å²) in [6, 6.07) is 3.69. The smallest absolute Gasteiger partial charge is 0.322 e. The van der Waals surface area contributed by atoms with Crippen LogP contribution in [0.3, 0.4) is 0 Å². The Morgan fingerprint density at radius 3 is 2.78 bits per heavy atom. The molecule has 18 heavy (non-hydrogen) atoms. The molecular formula is C12H12O5S. The molecule has 3 unspecified atom stereocenters. The van der Waals surface area contributed by atoms with Crippen LogP contribution in [-0.4, -0.2) is 37.9 Å². The molecule has 0 amide bonds. The second-order valence-electron chi connectivity index (χ2n) is 4.24. The highest BCUT2D eigenvalue weighted by molar-refractivity contribution is 7.10. The number of rotatable bonds is 2. The van der Waals surface area contributed by atoms with Crippen molar-refractivity contribution in [3.63, 3.8) is 0 Å². The number of esters is 2. The SMILES string of the molecule is O=C1OC(=O)C(C2COCCO2)C1c1cccs1. The quantitative estimate of drug-likeness (QED) is 0.590. The molecule has 1 aromatic heterocycles. The Hall–Kier alpha value is -1.24. The van der Waals surface area contributed by atoms with Crippen molar-refractivity contribution in [1.82, 2.24) is 0 Å². The third kappa shape index (κ3) is 1.96. The zero-order valence-corrected chi connectivity index (χ0v) is 10.4. The van der Waals surface area contributed by atoms with Crippen LogP contribution < -0.4 is 0 Å². The van der Waals surface area contributed by atoms with Crippen LogP contribution >= 0.6 is 11.3 Å². The number of cyclic esters (lactones) is 2. The highest BCUT2D eigenvalue weighted by Gasteiger charge is 2.50. The van der Waals surface area contributed by atoms with Crippen molar-refractivity contribution in [3.05, 3.63) is 22.4 Å². The molecule has 0 aromatic carbocycles. The first-order valence-electron chi connectivity index (χ1n) is 5.75. The van der Waals surface area contributed by atoms with Crippen molar-refractivity contribution >= 4 is 23.3 Å². The molecule has 2 fully saturated rings. The maximum atomic E-state index is 11.8. The molecule has 5 nitrogen and oxygen atoms in total. The maximum Gasteiger partial charge on any atom is 0.322 e. The molecular weight excluding hydrogens is 256 g/mol. The summed E-state index contributed by atoms with van der Waals surface area (Å²) in [7, 11) is 0. The Morgan fingerprint density at radius 2 is 2.11 bits per heavy atom. The van der Waals surface area contributed by atoms with Gasteiger partial charge in [0.1, 0.15) is 11.8 Å². The Kier molecular flexibility index (Phi) is 3.15. The van der Waals surface area contributed by atoms with E-state index < -0.39 is 29.9 Å². The van der Waals surface area contributed by atoms with Crippen LogP contribution in [0.15, 0.2) is 17.5 Å². The van der Waals surface area contributed by atoms with Crippen molar-refractivity contribution in [1.29, 1.82) is 0 Å². The average molecular weight is 268 g/mol. The molecule has 6 heteroatoms. The molecule has 0 radical (unpaired) electrons. The number of ether oxygens (including phenoxy) is 3. The minimum atomic E-state index is -0.587. The van der Waals surface area contributed by atoms with Crippen LogP contribution in [0.4, 0.5) is 0 Å². The molecule has 0 saturated carbocycles. The molecule has 0 aliphatic carbocycles. The van der Waals surface area contributed by atoms with E-state index in [-0.39, 0.29) is 0 Å². The van der Waals surface area contributed by atoms with Gasteiger partial charge in [-0.05, 0) is 11.4 Å². The molecule has 2 aliphatic heterocycles. The molecule has 0 bridgehead atoms. The molecule has 2 aliphatic rings. The molecule has 3 rings (SSSR count). The van der Waals surface area contributed by atoms with Crippen molar-refractivity contribution in [2.24, 2.45) is 5.92 Å². The van der Waals surface area contributed by atoms with Crippen molar-refractivity contribution < 1.29 is 23.8 Å². The van der Waals surface area contributed by atoms with Gasteiger partial charge in [-0.1, -0.05) is 6.07 Å². The van der Waals surface area contributed by atoms with Gasteiger partial charge in [-0.2, -0.15) is 0 Å². The van der Waals surface area contributed by atoms with Crippen LogP contribution in [0, 0.1) is 5.92 Å². The topological polar surface area (TPSA) is 61.8 Å². The second kappa shape index (κ2) is 4.79. The van der Waals surface area contributed by atoms with E-state index in [1.54, 1.807) is 0 Å². The summed E-state index contributed by atoms with van der Waals surface area (Å²) in [5, 5.41) is 1.88. The lowest BCUT2D eigenvalue weighted by atomic mass is 9.88. The van der Waals surface area contributed by atoms with Gasteiger partial charge in [0.2, 0.25) is 0 Å².